The number of hydrogen-bond acceptors (Lipinski definition) is 14. The molecule has 0 aliphatic carbocycles. The van der Waals surface area contributed by atoms with Crippen LogP contribution in [0.4, 0.5) is 0 Å². The molecule has 0 unspecified atom stereocenters. The van der Waals surface area contributed by atoms with Gasteiger partial charge in [0, 0.05) is 69.0 Å². The van der Waals surface area contributed by atoms with Crippen LogP contribution in [0.2, 0.25) is 0 Å². The van der Waals surface area contributed by atoms with E-state index < -0.39 is 72.7 Å². The van der Waals surface area contributed by atoms with Gasteiger partial charge in [0.1, 0.15) is 11.2 Å². The normalized spacial score (nSPS) is 9.40. The van der Waals surface area contributed by atoms with Crippen molar-refractivity contribution in [3.05, 3.63) is 0 Å². The van der Waals surface area contributed by atoms with Crippen molar-refractivity contribution < 1.29 is 148 Å². The van der Waals surface area contributed by atoms with E-state index in [9.17, 15) is 59.4 Å². The SMILES string of the molecule is O=C([O-])CC(O)(CC(=O)[O-])C(=O)[O-].O=C([O-])CC(O)(CC(=O)[O-])C(=O)[O-].[Zn+2].[Zn+2].[Zn+2].[Zn]. The van der Waals surface area contributed by atoms with Gasteiger partial charge in [-0.3, -0.25) is 0 Å². The second kappa shape index (κ2) is 19.0. The molecule has 0 aliphatic rings. The number of carbonyl (C=O) groups is 6. The summed E-state index contributed by atoms with van der Waals surface area (Å²) in [4.78, 5) is 60.0. The average molecular weight is 640 g/mol. The van der Waals surface area contributed by atoms with E-state index in [4.69, 9.17) is 10.2 Å². The first-order valence-electron chi connectivity index (χ1n) is 6.23. The zero-order valence-corrected chi connectivity index (χ0v) is 27.3. The molecule has 0 radical (unpaired) electrons. The predicted octanol–water partition coefficient (Wildman–Crippen LogP) is -10.5. The Morgan fingerprint density at radius 3 is 0.700 bits per heavy atom. The third-order valence-electron chi connectivity index (χ3n) is 2.51. The maximum absolute atomic E-state index is 10.1. The van der Waals surface area contributed by atoms with Crippen LogP contribution in [0.3, 0.4) is 0 Å². The molecule has 0 fully saturated rings. The van der Waals surface area contributed by atoms with Crippen molar-refractivity contribution >= 4 is 35.8 Å². The van der Waals surface area contributed by atoms with Gasteiger partial charge in [0.25, 0.3) is 0 Å². The maximum atomic E-state index is 10.1. The van der Waals surface area contributed by atoms with Gasteiger partial charge >= 0.3 is 58.4 Å². The van der Waals surface area contributed by atoms with Crippen molar-refractivity contribution in [2.45, 2.75) is 36.9 Å². The summed E-state index contributed by atoms with van der Waals surface area (Å²) < 4.78 is 0. The van der Waals surface area contributed by atoms with Crippen molar-refractivity contribution in [2.24, 2.45) is 0 Å². The van der Waals surface area contributed by atoms with Crippen LogP contribution in [0.15, 0.2) is 0 Å². The Labute approximate surface area is 219 Å². The van der Waals surface area contributed by atoms with E-state index in [1.54, 1.807) is 0 Å². The molecule has 0 heterocycles. The average Bonchev–Trinajstić information content (AvgIpc) is 2.34. The van der Waals surface area contributed by atoms with Gasteiger partial charge in [-0.2, -0.15) is 0 Å². The number of carboxylic acids is 6. The van der Waals surface area contributed by atoms with Gasteiger partial charge in [0.2, 0.25) is 0 Å². The molecule has 0 saturated carbocycles. The molecule has 0 rings (SSSR count). The van der Waals surface area contributed by atoms with Crippen molar-refractivity contribution in [1.82, 2.24) is 0 Å². The van der Waals surface area contributed by atoms with Gasteiger partial charge in [-0.05, 0) is 0 Å². The van der Waals surface area contributed by atoms with Crippen LogP contribution in [-0.2, 0) is 107 Å². The van der Waals surface area contributed by atoms with Crippen LogP contribution < -0.4 is 30.6 Å². The molecule has 0 aromatic heterocycles. The Morgan fingerprint density at radius 2 is 0.633 bits per heavy atom. The third-order valence-corrected chi connectivity index (χ3v) is 2.51. The first-order chi connectivity index (χ1) is 11.6. The topological polar surface area (TPSA) is 281 Å². The summed E-state index contributed by atoms with van der Waals surface area (Å²) >= 11 is 0. The number of aliphatic carboxylic acids is 6. The summed E-state index contributed by atoms with van der Waals surface area (Å²) in [5, 5.41) is 77.9. The van der Waals surface area contributed by atoms with E-state index in [0.29, 0.717) is 0 Å². The summed E-state index contributed by atoms with van der Waals surface area (Å²) in [6.07, 6.45) is -5.43. The summed E-state index contributed by atoms with van der Waals surface area (Å²) in [6.45, 7) is 0. The second-order valence-electron chi connectivity index (χ2n) is 4.83. The quantitative estimate of drug-likeness (QED) is 0.210. The van der Waals surface area contributed by atoms with Gasteiger partial charge in [0.05, 0.1) is 11.9 Å². The molecule has 0 aliphatic heterocycles. The zero-order chi connectivity index (χ0) is 21.3. The standard InChI is InChI=1S/2C6H8O7.4Zn/c2*7-3(8)1-6(13,5(11)12)2-4(9)10;;;;/h2*13H,1-2H2,(H,7,8)(H,9,10)(H,11,12);;;;/q;;;3*+2/p-6. The smallest absolute Gasteiger partial charge is 0.550 e. The van der Waals surface area contributed by atoms with E-state index in [1.165, 1.54) is 0 Å². The Morgan fingerprint density at radius 1 is 0.500 bits per heavy atom. The van der Waals surface area contributed by atoms with Crippen molar-refractivity contribution in [3.63, 3.8) is 0 Å². The minimum Gasteiger partial charge on any atom is -0.550 e. The fraction of sp³-hybridized carbons (Fsp3) is 0.500. The van der Waals surface area contributed by atoms with E-state index in [0.717, 1.165) is 0 Å². The molecule has 150 valence electrons. The van der Waals surface area contributed by atoms with Crippen LogP contribution in [0.5, 0.6) is 0 Å². The first-order valence-corrected chi connectivity index (χ1v) is 6.23. The fourth-order valence-electron chi connectivity index (χ4n) is 1.37. The molecule has 0 atom stereocenters. The Bertz CT molecular complexity index is 524. The number of rotatable bonds is 10. The fourth-order valence-corrected chi connectivity index (χ4v) is 1.37. The van der Waals surface area contributed by atoms with Crippen molar-refractivity contribution in [1.29, 1.82) is 0 Å². The molecule has 0 saturated heterocycles. The van der Waals surface area contributed by atoms with Gasteiger partial charge in [-0.15, -0.1) is 0 Å². The second-order valence-corrected chi connectivity index (χ2v) is 4.83. The number of carboxylic acid groups (broad SMARTS) is 6. The molecule has 18 heteroatoms. The minimum atomic E-state index is -2.97. The first kappa shape index (κ1) is 43.2. The van der Waals surface area contributed by atoms with Crippen LogP contribution in [0, 0.1) is 0 Å². The van der Waals surface area contributed by atoms with Crippen LogP contribution in [-0.4, -0.2) is 57.2 Å². The van der Waals surface area contributed by atoms with Gasteiger partial charge in [-0.1, -0.05) is 0 Å². The molecule has 0 aromatic carbocycles. The molecule has 0 spiro atoms. The van der Waals surface area contributed by atoms with Gasteiger partial charge in [0.15, 0.2) is 0 Å². The Balaban J connectivity index is -0.0000000847. The molecule has 14 nitrogen and oxygen atoms in total. The predicted molar refractivity (Wildman–Crippen MR) is 58.4 cm³/mol. The van der Waals surface area contributed by atoms with E-state index >= 15 is 0 Å². The molecule has 0 aromatic rings. The molecular weight excluding hydrogens is 630 g/mol. The summed E-state index contributed by atoms with van der Waals surface area (Å²) in [6, 6.07) is 0. The van der Waals surface area contributed by atoms with E-state index in [-0.39, 0.29) is 77.9 Å². The minimum absolute atomic E-state index is 0. The Kier molecular flexibility index (Phi) is 27.3. The molecular formula is C12H10O14Zn4. The Hall–Kier alpha value is -0.766. The molecule has 0 amide bonds. The summed E-state index contributed by atoms with van der Waals surface area (Å²) in [5.41, 5.74) is -5.95. The molecule has 0 bridgehead atoms. The third kappa shape index (κ3) is 19.2. The van der Waals surface area contributed by atoms with Crippen LogP contribution in [0.1, 0.15) is 25.7 Å². The number of carbonyl (C=O) groups excluding carboxylic acids is 6. The van der Waals surface area contributed by atoms with E-state index in [1.807, 2.05) is 0 Å². The summed E-state index contributed by atoms with van der Waals surface area (Å²) in [5.74, 6) is -12.0. The van der Waals surface area contributed by atoms with Gasteiger partial charge in [-0.25, -0.2) is 0 Å². The van der Waals surface area contributed by atoms with Crippen molar-refractivity contribution in [3.8, 4) is 0 Å². The monoisotopic (exact) mass is 634 g/mol. The number of hydrogen-bond donors (Lipinski definition) is 2. The maximum Gasteiger partial charge on any atom is 2.00 e. The zero-order valence-electron chi connectivity index (χ0n) is 15.5. The van der Waals surface area contributed by atoms with Crippen LogP contribution >= 0.6 is 0 Å². The summed E-state index contributed by atoms with van der Waals surface area (Å²) in [7, 11) is 0. The van der Waals surface area contributed by atoms with Crippen LogP contribution in [0.25, 0.3) is 0 Å². The van der Waals surface area contributed by atoms with Crippen molar-refractivity contribution in [2.75, 3.05) is 0 Å². The molecule has 30 heavy (non-hydrogen) atoms. The molecule has 2 N–H and O–H groups in total. The number of aliphatic hydroxyl groups is 2. The van der Waals surface area contributed by atoms with Gasteiger partial charge < -0.3 is 69.6 Å². The largest absolute Gasteiger partial charge is 2.00 e. The van der Waals surface area contributed by atoms with E-state index in [2.05, 4.69) is 0 Å².